The number of thiazole rings is 1. The molecule has 0 aliphatic heterocycles. The fourth-order valence-electron chi connectivity index (χ4n) is 2.26. The lowest BCUT2D eigenvalue weighted by Crippen LogP contribution is -2.16. The molecule has 3 rings (SSSR count). The van der Waals surface area contributed by atoms with Gasteiger partial charge in [-0.15, -0.1) is 6.58 Å². The fourth-order valence-corrected chi connectivity index (χ4v) is 3.97. The Balaban J connectivity index is 2.21. The van der Waals surface area contributed by atoms with Crippen molar-refractivity contribution < 1.29 is 4.79 Å². The Labute approximate surface area is 157 Å². The first-order chi connectivity index (χ1) is 11.5. The zero-order valence-corrected chi connectivity index (χ0v) is 15.4. The van der Waals surface area contributed by atoms with Crippen LogP contribution in [0.4, 0.5) is 0 Å². The molecule has 0 saturated heterocycles. The van der Waals surface area contributed by atoms with E-state index in [9.17, 15) is 4.79 Å². The van der Waals surface area contributed by atoms with Gasteiger partial charge in [0.1, 0.15) is 0 Å². The molecule has 0 fully saturated rings. The van der Waals surface area contributed by atoms with Crippen LogP contribution in [-0.4, -0.2) is 10.5 Å². The van der Waals surface area contributed by atoms with Crippen LogP contribution in [0, 0.1) is 0 Å². The van der Waals surface area contributed by atoms with Gasteiger partial charge in [0.05, 0.1) is 20.3 Å². The SMILES string of the molecule is C=CCn1c(=NC(=O)c2cccc(Cl)c2)sc2ccc(Cl)c(Cl)c21. The van der Waals surface area contributed by atoms with Crippen LogP contribution in [0.2, 0.25) is 15.1 Å². The molecule has 0 radical (unpaired) electrons. The molecule has 7 heteroatoms. The second kappa shape index (κ2) is 7.11. The van der Waals surface area contributed by atoms with Crippen LogP contribution < -0.4 is 4.80 Å². The third-order valence-corrected chi connectivity index (χ3v) is 5.39. The van der Waals surface area contributed by atoms with Crippen LogP contribution in [0.25, 0.3) is 10.2 Å². The number of nitrogens with zero attached hydrogens (tertiary/aromatic N) is 2. The Morgan fingerprint density at radius 2 is 2.04 bits per heavy atom. The molecule has 0 unspecified atom stereocenters. The van der Waals surface area contributed by atoms with Crippen LogP contribution in [0.3, 0.4) is 0 Å². The number of carbonyl (C=O) groups excluding carboxylic acids is 1. The Kier molecular flexibility index (Phi) is 5.11. The highest BCUT2D eigenvalue weighted by Crippen LogP contribution is 2.32. The maximum Gasteiger partial charge on any atom is 0.279 e. The van der Waals surface area contributed by atoms with E-state index in [2.05, 4.69) is 11.6 Å². The van der Waals surface area contributed by atoms with Gasteiger partial charge in [-0.3, -0.25) is 4.79 Å². The number of rotatable bonds is 3. The van der Waals surface area contributed by atoms with E-state index < -0.39 is 0 Å². The Hall–Kier alpha value is -1.59. The van der Waals surface area contributed by atoms with Crippen molar-refractivity contribution >= 4 is 62.3 Å². The van der Waals surface area contributed by atoms with Gasteiger partial charge in [-0.1, -0.05) is 58.3 Å². The van der Waals surface area contributed by atoms with Crippen molar-refractivity contribution in [1.29, 1.82) is 0 Å². The van der Waals surface area contributed by atoms with Gasteiger partial charge in [0.2, 0.25) is 0 Å². The van der Waals surface area contributed by atoms with E-state index in [-0.39, 0.29) is 5.91 Å². The lowest BCUT2D eigenvalue weighted by Gasteiger charge is -2.04. The molecule has 0 spiro atoms. The van der Waals surface area contributed by atoms with Crippen molar-refractivity contribution in [3.8, 4) is 0 Å². The van der Waals surface area contributed by atoms with Crippen molar-refractivity contribution in [3.05, 3.63) is 74.5 Å². The molecule has 0 saturated carbocycles. The highest BCUT2D eigenvalue weighted by Gasteiger charge is 2.13. The summed E-state index contributed by atoms with van der Waals surface area (Å²) in [6.07, 6.45) is 1.71. The van der Waals surface area contributed by atoms with Crippen molar-refractivity contribution in [2.24, 2.45) is 4.99 Å². The predicted octanol–water partition coefficient (Wildman–Crippen LogP) is 5.59. The average molecular weight is 398 g/mol. The number of benzene rings is 2. The summed E-state index contributed by atoms with van der Waals surface area (Å²) in [7, 11) is 0. The molecule has 0 aliphatic carbocycles. The first-order valence-electron chi connectivity index (χ1n) is 6.94. The molecule has 0 N–H and O–H groups in total. The molecule has 3 nitrogen and oxygen atoms in total. The number of hydrogen-bond acceptors (Lipinski definition) is 2. The third kappa shape index (κ3) is 3.28. The summed E-state index contributed by atoms with van der Waals surface area (Å²) >= 11 is 19.7. The molecule has 3 aromatic rings. The zero-order valence-electron chi connectivity index (χ0n) is 12.3. The topological polar surface area (TPSA) is 34.4 Å². The lowest BCUT2D eigenvalue weighted by molar-refractivity contribution is 0.0998. The van der Waals surface area contributed by atoms with E-state index in [1.54, 1.807) is 36.4 Å². The van der Waals surface area contributed by atoms with Crippen LogP contribution in [0.1, 0.15) is 10.4 Å². The zero-order chi connectivity index (χ0) is 17.3. The highest BCUT2D eigenvalue weighted by molar-refractivity contribution is 7.16. The van der Waals surface area contributed by atoms with Gasteiger partial charge in [-0.25, -0.2) is 0 Å². The second-order valence-corrected chi connectivity index (χ2v) is 7.15. The van der Waals surface area contributed by atoms with Crippen molar-refractivity contribution in [2.45, 2.75) is 6.54 Å². The van der Waals surface area contributed by atoms with Gasteiger partial charge in [-0.05, 0) is 30.3 Å². The van der Waals surface area contributed by atoms with E-state index in [0.29, 0.717) is 32.0 Å². The van der Waals surface area contributed by atoms with E-state index in [4.69, 9.17) is 34.8 Å². The van der Waals surface area contributed by atoms with Crippen LogP contribution in [0.5, 0.6) is 0 Å². The summed E-state index contributed by atoms with van der Waals surface area (Å²) in [5, 5.41) is 1.37. The van der Waals surface area contributed by atoms with Gasteiger partial charge in [0.15, 0.2) is 4.80 Å². The normalized spacial score (nSPS) is 11.9. The van der Waals surface area contributed by atoms with E-state index in [1.165, 1.54) is 11.3 Å². The number of halogens is 3. The predicted molar refractivity (Wildman–Crippen MR) is 101 cm³/mol. The molecule has 1 aromatic heterocycles. The summed E-state index contributed by atoms with van der Waals surface area (Å²) in [6.45, 7) is 4.21. The molecule has 0 bridgehead atoms. The monoisotopic (exact) mass is 396 g/mol. The molecule has 0 aliphatic rings. The third-order valence-electron chi connectivity index (χ3n) is 3.31. The standard InChI is InChI=1S/C17H11Cl3N2OS/c1-2-8-22-15-13(7-6-12(19)14(15)20)24-17(22)21-16(23)10-4-3-5-11(18)9-10/h2-7,9H,1,8H2. The maximum absolute atomic E-state index is 12.4. The molecular formula is C17H11Cl3N2OS. The number of amides is 1. The van der Waals surface area contributed by atoms with Crippen molar-refractivity contribution in [3.63, 3.8) is 0 Å². The second-order valence-electron chi connectivity index (χ2n) is 4.92. The minimum absolute atomic E-state index is 0.371. The summed E-state index contributed by atoms with van der Waals surface area (Å²) in [5.41, 5.74) is 1.17. The Morgan fingerprint density at radius 3 is 2.75 bits per heavy atom. The van der Waals surface area contributed by atoms with Gasteiger partial charge in [0.25, 0.3) is 5.91 Å². The van der Waals surface area contributed by atoms with Gasteiger partial charge >= 0.3 is 0 Å². The highest BCUT2D eigenvalue weighted by atomic mass is 35.5. The molecule has 1 amide bonds. The summed E-state index contributed by atoms with van der Waals surface area (Å²) in [6, 6.07) is 10.3. The first kappa shape index (κ1) is 17.2. The van der Waals surface area contributed by atoms with Crippen molar-refractivity contribution in [1.82, 2.24) is 4.57 Å². The number of allylic oxidation sites excluding steroid dienone is 1. The van der Waals surface area contributed by atoms with Crippen LogP contribution in [-0.2, 0) is 6.54 Å². The number of carbonyl (C=O) groups is 1. The average Bonchev–Trinajstić information content (AvgIpc) is 2.90. The number of fused-ring (bicyclic) bond motifs is 1. The molecular weight excluding hydrogens is 387 g/mol. The maximum atomic E-state index is 12.4. The largest absolute Gasteiger partial charge is 0.311 e. The Morgan fingerprint density at radius 1 is 1.25 bits per heavy atom. The Bertz CT molecular complexity index is 1020. The quantitative estimate of drug-likeness (QED) is 0.530. The molecule has 24 heavy (non-hydrogen) atoms. The number of hydrogen-bond donors (Lipinski definition) is 0. The molecule has 0 atom stereocenters. The summed E-state index contributed by atoms with van der Waals surface area (Å²) in [4.78, 5) is 17.2. The van der Waals surface area contributed by atoms with E-state index in [1.807, 2.05) is 10.6 Å². The minimum Gasteiger partial charge on any atom is -0.311 e. The summed E-state index contributed by atoms with van der Waals surface area (Å²) in [5.74, 6) is -0.371. The van der Waals surface area contributed by atoms with Crippen LogP contribution >= 0.6 is 46.1 Å². The fraction of sp³-hybridized carbons (Fsp3) is 0.0588. The smallest absolute Gasteiger partial charge is 0.279 e. The van der Waals surface area contributed by atoms with Crippen molar-refractivity contribution in [2.75, 3.05) is 0 Å². The van der Waals surface area contributed by atoms with Gasteiger partial charge < -0.3 is 4.57 Å². The molecule has 2 aromatic carbocycles. The summed E-state index contributed by atoms with van der Waals surface area (Å²) < 4.78 is 2.72. The van der Waals surface area contributed by atoms with Gasteiger partial charge in [0, 0.05) is 17.1 Å². The van der Waals surface area contributed by atoms with Crippen LogP contribution in [0.15, 0.2) is 54.0 Å². The van der Waals surface area contributed by atoms with E-state index in [0.717, 1.165) is 10.2 Å². The minimum atomic E-state index is -0.371. The molecule has 1 heterocycles. The first-order valence-corrected chi connectivity index (χ1v) is 8.89. The molecule has 122 valence electrons. The number of aromatic nitrogens is 1. The van der Waals surface area contributed by atoms with E-state index >= 15 is 0 Å². The van der Waals surface area contributed by atoms with Gasteiger partial charge in [-0.2, -0.15) is 4.99 Å². The lowest BCUT2D eigenvalue weighted by atomic mass is 10.2.